The van der Waals surface area contributed by atoms with Crippen molar-refractivity contribution in [3.05, 3.63) is 24.8 Å². The number of ether oxygens (including phenoxy) is 1. The van der Waals surface area contributed by atoms with Gasteiger partial charge >= 0.3 is 0 Å². The van der Waals surface area contributed by atoms with Crippen molar-refractivity contribution in [1.29, 1.82) is 0 Å². The quantitative estimate of drug-likeness (QED) is 0.525. The highest BCUT2D eigenvalue weighted by atomic mass is 16.5. The van der Waals surface area contributed by atoms with E-state index in [1.54, 1.807) is 0 Å². The standard InChI is InChI=1S/C13H17NO2/c1-2-6-14-9-10-8-11-3-5-13(10,16-11)12(14)4-7-15/h2-3,5,7,10-12H,1,4,6,8-9H2/t10-,11+,12-,13-/m0/s1. The lowest BCUT2D eigenvalue weighted by Gasteiger charge is -2.32. The number of hydrogen-bond acceptors (Lipinski definition) is 3. The third kappa shape index (κ3) is 1.19. The molecule has 16 heavy (non-hydrogen) atoms. The molecular weight excluding hydrogens is 202 g/mol. The topological polar surface area (TPSA) is 29.5 Å². The minimum atomic E-state index is -0.172. The lowest BCUT2D eigenvalue weighted by Crippen LogP contribution is -2.44. The molecular formula is C13H17NO2. The first-order valence-corrected chi connectivity index (χ1v) is 5.96. The van der Waals surface area contributed by atoms with Gasteiger partial charge in [-0.3, -0.25) is 4.90 Å². The SMILES string of the molecule is C=CCN1C[C@@H]2C[C@H]3C=C[C@@]2(O3)[C@@H]1CC=O. The van der Waals surface area contributed by atoms with Gasteiger partial charge in [-0.15, -0.1) is 6.58 Å². The molecule has 0 amide bonds. The van der Waals surface area contributed by atoms with E-state index in [-0.39, 0.29) is 11.6 Å². The molecule has 0 radical (unpaired) electrons. The highest BCUT2D eigenvalue weighted by molar-refractivity contribution is 5.52. The van der Waals surface area contributed by atoms with Crippen molar-refractivity contribution in [2.45, 2.75) is 30.6 Å². The Balaban J connectivity index is 1.90. The average Bonchev–Trinajstić information content (AvgIpc) is 2.89. The number of hydrogen-bond donors (Lipinski definition) is 0. The normalized spacial score (nSPS) is 44.9. The average molecular weight is 219 g/mol. The number of fused-ring (bicyclic) bond motifs is 1. The van der Waals surface area contributed by atoms with Crippen LogP contribution in [0.25, 0.3) is 0 Å². The predicted molar refractivity (Wildman–Crippen MR) is 61.1 cm³/mol. The Hall–Kier alpha value is -0.930. The van der Waals surface area contributed by atoms with E-state index in [4.69, 9.17) is 4.74 Å². The third-order valence-electron chi connectivity index (χ3n) is 4.18. The van der Waals surface area contributed by atoms with Crippen LogP contribution in [0.1, 0.15) is 12.8 Å². The smallest absolute Gasteiger partial charge is 0.121 e. The van der Waals surface area contributed by atoms with Gasteiger partial charge in [-0.1, -0.05) is 18.2 Å². The Morgan fingerprint density at radius 1 is 1.62 bits per heavy atom. The third-order valence-corrected chi connectivity index (χ3v) is 4.18. The second-order valence-electron chi connectivity index (χ2n) is 4.96. The number of nitrogens with zero attached hydrogens (tertiary/aromatic N) is 1. The largest absolute Gasteiger partial charge is 0.362 e. The van der Waals surface area contributed by atoms with Crippen LogP contribution in [-0.4, -0.2) is 42.0 Å². The Labute approximate surface area is 95.8 Å². The van der Waals surface area contributed by atoms with Crippen molar-refractivity contribution in [3.8, 4) is 0 Å². The van der Waals surface area contributed by atoms with Crippen molar-refractivity contribution in [2.75, 3.05) is 13.1 Å². The Bertz CT molecular complexity index is 352. The monoisotopic (exact) mass is 219 g/mol. The molecule has 0 aromatic carbocycles. The molecule has 1 spiro atoms. The van der Waals surface area contributed by atoms with Crippen LogP contribution in [0.3, 0.4) is 0 Å². The highest BCUT2D eigenvalue weighted by Crippen LogP contribution is 2.51. The summed E-state index contributed by atoms with van der Waals surface area (Å²) >= 11 is 0. The molecule has 0 aromatic heterocycles. The van der Waals surface area contributed by atoms with Crippen molar-refractivity contribution in [1.82, 2.24) is 4.90 Å². The molecule has 3 heterocycles. The molecule has 3 nitrogen and oxygen atoms in total. The van der Waals surface area contributed by atoms with Crippen LogP contribution in [0.2, 0.25) is 0 Å². The minimum Gasteiger partial charge on any atom is -0.362 e. The summed E-state index contributed by atoms with van der Waals surface area (Å²) in [6.07, 6.45) is 9.24. The van der Waals surface area contributed by atoms with Gasteiger partial charge in [0.05, 0.1) is 6.10 Å². The predicted octanol–water partition coefficient (Wildman–Crippen LogP) is 1.16. The maximum Gasteiger partial charge on any atom is 0.121 e. The first-order valence-electron chi connectivity index (χ1n) is 5.96. The van der Waals surface area contributed by atoms with Gasteiger partial charge in [0.2, 0.25) is 0 Å². The fraction of sp³-hybridized carbons (Fsp3) is 0.615. The van der Waals surface area contributed by atoms with Crippen molar-refractivity contribution in [3.63, 3.8) is 0 Å². The van der Waals surface area contributed by atoms with E-state index < -0.39 is 0 Å². The molecule has 2 bridgehead atoms. The Kier molecular flexibility index (Phi) is 2.26. The molecule has 4 atom stereocenters. The van der Waals surface area contributed by atoms with Crippen LogP contribution in [0.4, 0.5) is 0 Å². The van der Waals surface area contributed by atoms with Crippen LogP contribution in [0.15, 0.2) is 24.8 Å². The van der Waals surface area contributed by atoms with E-state index in [9.17, 15) is 4.79 Å². The van der Waals surface area contributed by atoms with E-state index in [1.165, 1.54) is 0 Å². The van der Waals surface area contributed by atoms with Crippen molar-refractivity contribution >= 4 is 6.29 Å². The molecule has 0 aromatic rings. The summed E-state index contributed by atoms with van der Waals surface area (Å²) in [4.78, 5) is 13.2. The number of likely N-dealkylation sites (tertiary alicyclic amines) is 1. The summed E-state index contributed by atoms with van der Waals surface area (Å²) in [5, 5.41) is 0. The van der Waals surface area contributed by atoms with Gasteiger partial charge in [0.25, 0.3) is 0 Å². The van der Waals surface area contributed by atoms with Crippen molar-refractivity contribution in [2.24, 2.45) is 5.92 Å². The van der Waals surface area contributed by atoms with E-state index in [1.807, 2.05) is 6.08 Å². The minimum absolute atomic E-state index is 0.172. The molecule has 3 heteroatoms. The van der Waals surface area contributed by atoms with Crippen LogP contribution >= 0.6 is 0 Å². The molecule has 2 fully saturated rings. The van der Waals surface area contributed by atoms with Gasteiger partial charge in [-0.25, -0.2) is 0 Å². The fourth-order valence-corrected chi connectivity index (χ4v) is 3.59. The maximum absolute atomic E-state index is 10.8. The fourth-order valence-electron chi connectivity index (χ4n) is 3.59. The zero-order chi connectivity index (χ0) is 11.2. The van der Waals surface area contributed by atoms with E-state index in [0.29, 0.717) is 18.4 Å². The van der Waals surface area contributed by atoms with Gasteiger partial charge in [0.1, 0.15) is 11.9 Å². The second kappa shape index (κ2) is 3.54. The molecule has 3 aliphatic rings. The summed E-state index contributed by atoms with van der Waals surface area (Å²) < 4.78 is 6.08. The first-order chi connectivity index (χ1) is 7.80. The van der Waals surface area contributed by atoms with E-state index in [2.05, 4.69) is 23.6 Å². The number of carbonyl (C=O) groups is 1. The summed E-state index contributed by atoms with van der Waals surface area (Å²) in [7, 11) is 0. The van der Waals surface area contributed by atoms with Crippen LogP contribution in [-0.2, 0) is 9.53 Å². The molecule has 86 valence electrons. The molecule has 0 N–H and O–H groups in total. The number of aldehydes is 1. The van der Waals surface area contributed by atoms with Gasteiger partial charge < -0.3 is 9.53 Å². The van der Waals surface area contributed by atoms with Crippen LogP contribution in [0.5, 0.6) is 0 Å². The summed E-state index contributed by atoms with van der Waals surface area (Å²) in [6.45, 7) is 5.66. The lowest BCUT2D eigenvalue weighted by molar-refractivity contribution is -0.110. The zero-order valence-corrected chi connectivity index (χ0v) is 9.34. The molecule has 0 unspecified atom stereocenters. The molecule has 3 rings (SSSR count). The summed E-state index contributed by atoms with van der Waals surface area (Å²) in [6, 6.07) is 0.205. The molecule has 3 aliphatic heterocycles. The number of carbonyl (C=O) groups excluding carboxylic acids is 1. The maximum atomic E-state index is 10.8. The molecule has 0 aliphatic carbocycles. The van der Waals surface area contributed by atoms with Crippen LogP contribution in [0, 0.1) is 5.92 Å². The van der Waals surface area contributed by atoms with Crippen molar-refractivity contribution < 1.29 is 9.53 Å². The Morgan fingerprint density at radius 2 is 2.50 bits per heavy atom. The van der Waals surface area contributed by atoms with Gasteiger partial charge in [0, 0.05) is 31.5 Å². The highest BCUT2D eigenvalue weighted by Gasteiger charge is 2.60. The second-order valence-corrected chi connectivity index (χ2v) is 4.96. The Morgan fingerprint density at radius 3 is 3.19 bits per heavy atom. The van der Waals surface area contributed by atoms with Gasteiger partial charge in [0.15, 0.2) is 0 Å². The van der Waals surface area contributed by atoms with Crippen LogP contribution < -0.4 is 0 Å². The lowest BCUT2D eigenvalue weighted by atomic mass is 9.81. The molecule has 2 saturated heterocycles. The number of rotatable bonds is 4. The van der Waals surface area contributed by atoms with E-state index >= 15 is 0 Å². The summed E-state index contributed by atoms with van der Waals surface area (Å²) in [5.74, 6) is 0.562. The molecule has 0 saturated carbocycles. The zero-order valence-electron chi connectivity index (χ0n) is 9.34. The van der Waals surface area contributed by atoms with E-state index in [0.717, 1.165) is 25.8 Å². The van der Waals surface area contributed by atoms with Gasteiger partial charge in [-0.2, -0.15) is 0 Å². The first kappa shape index (κ1) is 10.2. The summed E-state index contributed by atoms with van der Waals surface area (Å²) in [5.41, 5.74) is -0.172. The van der Waals surface area contributed by atoms with Gasteiger partial charge in [-0.05, 0) is 6.42 Å².